The van der Waals surface area contributed by atoms with Crippen molar-refractivity contribution in [3.05, 3.63) is 33.7 Å². The van der Waals surface area contributed by atoms with E-state index in [9.17, 15) is 9.18 Å². The molecule has 1 aliphatic heterocycles. The summed E-state index contributed by atoms with van der Waals surface area (Å²) < 4.78 is 14.1. The van der Waals surface area contributed by atoms with Gasteiger partial charge in [-0.1, -0.05) is 23.2 Å². The molecule has 1 amide bonds. The lowest BCUT2D eigenvalue weighted by Crippen LogP contribution is -2.26. The number of halogens is 3. The highest BCUT2D eigenvalue weighted by Crippen LogP contribution is 2.29. The average Bonchev–Trinajstić information content (AvgIpc) is 2.46. The van der Waals surface area contributed by atoms with Crippen LogP contribution in [0.15, 0.2) is 17.3 Å². The maximum atomic E-state index is 14.1. The Balaban J connectivity index is 2.52. The monoisotopic (exact) mass is 317 g/mol. The molecule has 1 aliphatic rings. The van der Waals surface area contributed by atoms with Gasteiger partial charge in [-0.3, -0.25) is 4.79 Å². The molecule has 20 heavy (non-hydrogen) atoms. The Morgan fingerprint density at radius 2 is 1.80 bits per heavy atom. The second-order valence-corrected chi connectivity index (χ2v) is 5.22. The number of carbonyl (C=O) groups excluding carboxylic acids is 1. The van der Waals surface area contributed by atoms with Gasteiger partial charge in [-0.15, -0.1) is 0 Å². The molecule has 0 saturated carbocycles. The number of carbonyl (C=O) groups is 1. The van der Waals surface area contributed by atoms with Crippen molar-refractivity contribution >= 4 is 40.4 Å². The van der Waals surface area contributed by atoms with Gasteiger partial charge in [-0.05, 0) is 25.0 Å². The van der Waals surface area contributed by atoms with Crippen molar-refractivity contribution < 1.29 is 9.18 Å². The van der Waals surface area contributed by atoms with E-state index in [0.29, 0.717) is 13.1 Å². The van der Waals surface area contributed by atoms with Crippen molar-refractivity contribution in [1.29, 1.82) is 0 Å². The maximum absolute atomic E-state index is 14.1. The molecule has 0 unspecified atom stereocenters. The van der Waals surface area contributed by atoms with Crippen LogP contribution in [0.3, 0.4) is 0 Å². The molecule has 4 N–H and O–H groups in total. The van der Waals surface area contributed by atoms with E-state index in [0.717, 1.165) is 18.9 Å². The first-order chi connectivity index (χ1) is 9.50. The molecule has 0 bridgehead atoms. The van der Waals surface area contributed by atoms with Crippen LogP contribution in [-0.4, -0.2) is 19.0 Å². The summed E-state index contributed by atoms with van der Waals surface area (Å²) in [5.41, 5.74) is 5.93. The predicted octanol–water partition coefficient (Wildman–Crippen LogP) is 2.47. The Morgan fingerprint density at radius 3 is 2.50 bits per heavy atom. The Bertz CT molecular complexity index is 575. The molecule has 108 valence electrons. The normalized spacial score (nSPS) is 20.4. The van der Waals surface area contributed by atoms with Crippen LogP contribution in [0.1, 0.15) is 18.4 Å². The van der Waals surface area contributed by atoms with Crippen LogP contribution in [0.4, 0.5) is 10.1 Å². The van der Waals surface area contributed by atoms with Crippen LogP contribution in [0.25, 0.3) is 5.57 Å². The summed E-state index contributed by atoms with van der Waals surface area (Å²) in [5.74, 6) is -1.08. The number of hydrogen-bond acceptors (Lipinski definition) is 3. The highest BCUT2D eigenvalue weighted by atomic mass is 35.5. The van der Waals surface area contributed by atoms with E-state index in [2.05, 4.69) is 10.6 Å². The number of nitrogen functional groups attached to an aromatic ring is 1. The zero-order valence-electron chi connectivity index (χ0n) is 10.6. The quantitative estimate of drug-likeness (QED) is 0.550. The molecule has 1 aromatic rings. The summed E-state index contributed by atoms with van der Waals surface area (Å²) >= 11 is 11.8. The van der Waals surface area contributed by atoms with Crippen LogP contribution < -0.4 is 16.4 Å². The summed E-state index contributed by atoms with van der Waals surface area (Å²) in [4.78, 5) is 12.1. The Morgan fingerprint density at radius 1 is 1.15 bits per heavy atom. The molecule has 1 heterocycles. The fourth-order valence-corrected chi connectivity index (χ4v) is 2.36. The van der Waals surface area contributed by atoms with Gasteiger partial charge in [-0.25, -0.2) is 4.39 Å². The van der Waals surface area contributed by atoms with Gasteiger partial charge in [0, 0.05) is 18.7 Å². The van der Waals surface area contributed by atoms with Gasteiger partial charge in [0.25, 0.3) is 5.91 Å². The first-order valence-electron chi connectivity index (χ1n) is 6.17. The molecule has 0 saturated heterocycles. The minimum absolute atomic E-state index is 0.0313. The lowest BCUT2D eigenvalue weighted by atomic mass is 10.0. The minimum Gasteiger partial charge on any atom is -0.398 e. The summed E-state index contributed by atoms with van der Waals surface area (Å²) in [6.45, 7) is 1.13. The van der Waals surface area contributed by atoms with E-state index < -0.39 is 11.7 Å². The standard InChI is InChI=1S/C13H14Cl2FN3O/c14-8-6-9(16)7(5-10(8)17)11-12(15)18-3-1-2-4-19-13(11)20/h5-6,18H,1-4,17H2,(H,19,20)/b12-11-. The summed E-state index contributed by atoms with van der Waals surface area (Å²) in [6.07, 6.45) is 1.68. The Kier molecular flexibility index (Phi) is 4.73. The van der Waals surface area contributed by atoms with Crippen molar-refractivity contribution in [2.45, 2.75) is 12.8 Å². The first kappa shape index (κ1) is 14.9. The Hall–Kier alpha value is -1.46. The highest BCUT2D eigenvalue weighted by Gasteiger charge is 2.22. The first-order valence-corrected chi connectivity index (χ1v) is 6.93. The van der Waals surface area contributed by atoms with Crippen molar-refractivity contribution in [2.75, 3.05) is 18.8 Å². The third kappa shape index (κ3) is 3.16. The van der Waals surface area contributed by atoms with Gasteiger partial charge in [0.15, 0.2) is 0 Å². The topological polar surface area (TPSA) is 67.2 Å². The summed E-state index contributed by atoms with van der Waals surface area (Å²) in [6, 6.07) is 2.39. The van der Waals surface area contributed by atoms with Crippen LogP contribution >= 0.6 is 23.2 Å². The molecule has 0 radical (unpaired) electrons. The van der Waals surface area contributed by atoms with E-state index in [-0.39, 0.29) is 27.0 Å². The SMILES string of the molecule is Nc1cc(/C2=C(\Cl)NCCCCNC2=O)c(F)cc1Cl. The summed E-state index contributed by atoms with van der Waals surface area (Å²) in [5, 5.41) is 5.81. The lowest BCUT2D eigenvalue weighted by Gasteiger charge is -2.13. The van der Waals surface area contributed by atoms with Gasteiger partial charge in [-0.2, -0.15) is 0 Å². The van der Waals surface area contributed by atoms with Crippen LogP contribution in [0.2, 0.25) is 5.02 Å². The molecule has 2 rings (SSSR count). The number of amides is 1. The second-order valence-electron chi connectivity index (χ2n) is 4.43. The molecule has 0 fully saturated rings. The third-order valence-electron chi connectivity index (χ3n) is 2.97. The zero-order valence-corrected chi connectivity index (χ0v) is 12.1. The number of nitrogens with one attached hydrogen (secondary N) is 2. The third-order valence-corrected chi connectivity index (χ3v) is 3.62. The van der Waals surface area contributed by atoms with Crippen LogP contribution in [-0.2, 0) is 4.79 Å². The zero-order chi connectivity index (χ0) is 14.7. The van der Waals surface area contributed by atoms with E-state index in [4.69, 9.17) is 28.9 Å². The van der Waals surface area contributed by atoms with Gasteiger partial charge in [0.2, 0.25) is 0 Å². The van der Waals surface area contributed by atoms with E-state index in [1.807, 2.05) is 0 Å². The molecule has 1 aromatic carbocycles. The molecule has 4 nitrogen and oxygen atoms in total. The number of nitrogens with two attached hydrogens (primary N) is 1. The molecular weight excluding hydrogens is 304 g/mol. The van der Waals surface area contributed by atoms with Crippen LogP contribution in [0, 0.1) is 5.82 Å². The number of rotatable bonds is 1. The fourth-order valence-electron chi connectivity index (χ4n) is 1.92. The molecule has 0 spiro atoms. The largest absolute Gasteiger partial charge is 0.398 e. The van der Waals surface area contributed by atoms with Crippen molar-refractivity contribution in [2.24, 2.45) is 0 Å². The maximum Gasteiger partial charge on any atom is 0.255 e. The van der Waals surface area contributed by atoms with Gasteiger partial charge in [0.05, 0.1) is 16.3 Å². The number of hydrogen-bond donors (Lipinski definition) is 3. The van der Waals surface area contributed by atoms with E-state index in [1.54, 1.807) is 0 Å². The second kappa shape index (κ2) is 6.33. The molecule has 0 atom stereocenters. The minimum atomic E-state index is -0.645. The number of anilines is 1. The van der Waals surface area contributed by atoms with Gasteiger partial charge < -0.3 is 16.4 Å². The summed E-state index contributed by atoms with van der Waals surface area (Å²) in [7, 11) is 0. The average molecular weight is 318 g/mol. The fraction of sp³-hybridized carbons (Fsp3) is 0.308. The predicted molar refractivity (Wildman–Crippen MR) is 78.8 cm³/mol. The lowest BCUT2D eigenvalue weighted by molar-refractivity contribution is -0.115. The van der Waals surface area contributed by atoms with Crippen molar-refractivity contribution in [3.8, 4) is 0 Å². The van der Waals surface area contributed by atoms with Crippen molar-refractivity contribution in [3.63, 3.8) is 0 Å². The molecule has 0 aliphatic carbocycles. The Labute approximate surface area is 126 Å². The highest BCUT2D eigenvalue weighted by molar-refractivity contribution is 6.39. The van der Waals surface area contributed by atoms with Gasteiger partial charge in [0.1, 0.15) is 11.0 Å². The molecule has 0 aromatic heterocycles. The molecular formula is C13H14Cl2FN3O. The van der Waals surface area contributed by atoms with Crippen molar-refractivity contribution in [1.82, 2.24) is 10.6 Å². The van der Waals surface area contributed by atoms with E-state index in [1.165, 1.54) is 6.07 Å². The number of benzene rings is 1. The van der Waals surface area contributed by atoms with Gasteiger partial charge >= 0.3 is 0 Å². The smallest absolute Gasteiger partial charge is 0.255 e. The molecule has 7 heteroatoms. The van der Waals surface area contributed by atoms with E-state index >= 15 is 0 Å². The van der Waals surface area contributed by atoms with Crippen LogP contribution in [0.5, 0.6) is 0 Å².